The Labute approximate surface area is 137 Å². The van der Waals surface area contributed by atoms with Gasteiger partial charge in [-0.15, -0.1) is 0 Å². The molecule has 1 saturated heterocycles. The third kappa shape index (κ3) is 5.62. The number of aryl methyl sites for hydroxylation is 2. The number of imidazole rings is 1. The van der Waals surface area contributed by atoms with E-state index in [1.54, 1.807) is 6.20 Å². The fourth-order valence-corrected chi connectivity index (χ4v) is 3.68. The van der Waals surface area contributed by atoms with Crippen LogP contribution in [-0.4, -0.2) is 47.1 Å². The van der Waals surface area contributed by atoms with Gasteiger partial charge in [-0.25, -0.2) is 18.5 Å². The lowest BCUT2D eigenvalue weighted by Gasteiger charge is -2.36. The molecule has 1 aliphatic heterocycles. The summed E-state index contributed by atoms with van der Waals surface area (Å²) in [6, 6.07) is 0.224. The first-order valence-corrected chi connectivity index (χ1v) is 9.84. The van der Waals surface area contributed by atoms with Crippen LogP contribution in [0.5, 0.6) is 0 Å². The number of hydrogen-bond acceptors (Lipinski definition) is 4. The van der Waals surface area contributed by atoms with Gasteiger partial charge in [0.15, 0.2) is 0 Å². The van der Waals surface area contributed by atoms with Crippen LogP contribution in [0.25, 0.3) is 0 Å². The summed E-state index contributed by atoms with van der Waals surface area (Å²) >= 11 is 0. The van der Waals surface area contributed by atoms with E-state index in [2.05, 4.69) is 4.98 Å². The molecule has 1 aliphatic rings. The lowest BCUT2D eigenvalue weighted by atomic mass is 9.97. The number of carbonyl (C=O) groups is 1. The zero-order valence-corrected chi connectivity index (χ0v) is 14.5. The normalized spacial score (nSPS) is 19.0. The minimum Gasteiger partial charge on any atom is -0.340 e. The Morgan fingerprint density at radius 3 is 2.87 bits per heavy atom. The van der Waals surface area contributed by atoms with Crippen molar-refractivity contribution in [3.8, 4) is 0 Å². The van der Waals surface area contributed by atoms with E-state index >= 15 is 0 Å². The molecule has 2 N–H and O–H groups in total. The highest BCUT2D eigenvalue weighted by Gasteiger charge is 2.26. The fourth-order valence-electron chi connectivity index (χ4n) is 3.13. The number of nitrogens with zero attached hydrogens (tertiary/aromatic N) is 3. The van der Waals surface area contributed by atoms with Crippen molar-refractivity contribution in [1.82, 2.24) is 14.5 Å². The van der Waals surface area contributed by atoms with E-state index in [-0.39, 0.29) is 24.1 Å². The molecule has 1 amide bonds. The van der Waals surface area contributed by atoms with E-state index in [0.29, 0.717) is 6.42 Å². The van der Waals surface area contributed by atoms with Gasteiger partial charge in [-0.3, -0.25) is 4.79 Å². The molecule has 0 radical (unpaired) electrons. The van der Waals surface area contributed by atoms with E-state index in [1.807, 2.05) is 22.7 Å². The van der Waals surface area contributed by atoms with E-state index in [1.165, 1.54) is 0 Å². The summed E-state index contributed by atoms with van der Waals surface area (Å²) in [7, 11) is -1.52. The van der Waals surface area contributed by atoms with Gasteiger partial charge in [0.25, 0.3) is 0 Å². The molecule has 0 spiro atoms. The van der Waals surface area contributed by atoms with Gasteiger partial charge < -0.3 is 9.47 Å². The zero-order chi connectivity index (χ0) is 16.9. The molecule has 0 unspecified atom stereocenters. The van der Waals surface area contributed by atoms with Crippen molar-refractivity contribution in [2.24, 2.45) is 12.2 Å². The fraction of sp³-hybridized carbons (Fsp3) is 0.733. The van der Waals surface area contributed by atoms with Crippen molar-refractivity contribution < 1.29 is 13.2 Å². The molecule has 1 atom stereocenters. The molecule has 1 aromatic rings. The summed E-state index contributed by atoms with van der Waals surface area (Å²) in [5, 5.41) is 4.98. The number of rotatable bonds is 7. The Hall–Kier alpha value is -1.41. The number of aromatic nitrogens is 2. The maximum Gasteiger partial charge on any atom is 0.222 e. The first kappa shape index (κ1) is 17.9. The molecule has 2 heterocycles. The summed E-state index contributed by atoms with van der Waals surface area (Å²) in [5.74, 6) is 0.931. The van der Waals surface area contributed by atoms with Gasteiger partial charge in [0.05, 0.1) is 5.75 Å². The largest absolute Gasteiger partial charge is 0.340 e. The Morgan fingerprint density at radius 2 is 2.22 bits per heavy atom. The number of amides is 1. The molecule has 0 aliphatic carbocycles. The third-order valence-electron chi connectivity index (χ3n) is 4.39. The van der Waals surface area contributed by atoms with Crippen molar-refractivity contribution in [3.05, 3.63) is 18.2 Å². The molecule has 7 nitrogen and oxygen atoms in total. The lowest BCUT2D eigenvalue weighted by molar-refractivity contribution is -0.135. The van der Waals surface area contributed by atoms with Crippen molar-refractivity contribution in [1.29, 1.82) is 0 Å². The summed E-state index contributed by atoms with van der Waals surface area (Å²) in [6.45, 7) is 0.763. The Morgan fingerprint density at radius 1 is 1.43 bits per heavy atom. The number of nitrogens with two attached hydrogens (primary N) is 1. The molecule has 130 valence electrons. The average Bonchev–Trinajstić information content (AvgIpc) is 2.89. The molecule has 0 aromatic carbocycles. The molecular formula is C15H26N4O3S. The van der Waals surface area contributed by atoms with Crippen LogP contribution in [-0.2, 0) is 28.3 Å². The lowest BCUT2D eigenvalue weighted by Crippen LogP contribution is -2.44. The number of likely N-dealkylation sites (tertiary alicyclic amines) is 1. The molecule has 2 rings (SSSR count). The second-order valence-electron chi connectivity index (χ2n) is 6.20. The minimum absolute atomic E-state index is 0.0400. The van der Waals surface area contributed by atoms with E-state index < -0.39 is 10.0 Å². The van der Waals surface area contributed by atoms with Crippen LogP contribution in [0.15, 0.2) is 12.4 Å². The molecule has 8 heteroatoms. The maximum absolute atomic E-state index is 12.4. The van der Waals surface area contributed by atoms with Gasteiger partial charge >= 0.3 is 0 Å². The van der Waals surface area contributed by atoms with E-state index in [0.717, 1.165) is 44.5 Å². The second-order valence-corrected chi connectivity index (χ2v) is 7.93. The highest BCUT2D eigenvalue weighted by molar-refractivity contribution is 7.89. The highest BCUT2D eigenvalue weighted by atomic mass is 32.2. The van der Waals surface area contributed by atoms with Crippen LogP contribution in [0, 0.1) is 0 Å². The SMILES string of the molecule is Cn1ccnc1CC[C@H]1CCCCN1C(=O)CCCS(N)(=O)=O. The Balaban J connectivity index is 1.87. The summed E-state index contributed by atoms with van der Waals surface area (Å²) in [6.07, 6.45) is 9.13. The number of hydrogen-bond donors (Lipinski definition) is 1. The van der Waals surface area contributed by atoms with Crippen LogP contribution >= 0.6 is 0 Å². The van der Waals surface area contributed by atoms with Crippen molar-refractivity contribution >= 4 is 15.9 Å². The van der Waals surface area contributed by atoms with Crippen LogP contribution in [0.1, 0.15) is 44.3 Å². The quantitative estimate of drug-likeness (QED) is 0.792. The number of sulfonamides is 1. The van der Waals surface area contributed by atoms with Gasteiger partial charge in [-0.1, -0.05) is 0 Å². The Bertz CT molecular complexity index is 626. The van der Waals surface area contributed by atoms with E-state index in [4.69, 9.17) is 5.14 Å². The minimum atomic E-state index is -3.49. The van der Waals surface area contributed by atoms with Crippen LogP contribution in [0.4, 0.5) is 0 Å². The standard InChI is InChI=1S/C15H26N4O3S/c1-18-11-9-17-14(18)8-7-13-5-2-3-10-19(13)15(20)6-4-12-23(16,21)22/h9,11,13H,2-8,10,12H2,1H3,(H2,16,21,22)/t13-/m1/s1. The highest BCUT2D eigenvalue weighted by Crippen LogP contribution is 2.22. The number of primary sulfonamides is 1. The molecule has 0 bridgehead atoms. The second kappa shape index (κ2) is 7.92. The van der Waals surface area contributed by atoms with Gasteiger partial charge in [-0.2, -0.15) is 0 Å². The monoisotopic (exact) mass is 342 g/mol. The van der Waals surface area contributed by atoms with E-state index in [9.17, 15) is 13.2 Å². The van der Waals surface area contributed by atoms with Gasteiger partial charge in [0.1, 0.15) is 5.82 Å². The summed E-state index contributed by atoms with van der Waals surface area (Å²) in [5.41, 5.74) is 0. The Kier molecular flexibility index (Phi) is 6.17. The molecule has 0 saturated carbocycles. The van der Waals surface area contributed by atoms with Gasteiger partial charge in [0, 0.05) is 44.9 Å². The predicted octanol–water partition coefficient (Wildman–Crippen LogP) is 0.803. The van der Waals surface area contributed by atoms with Gasteiger partial charge in [-0.05, 0) is 32.1 Å². The van der Waals surface area contributed by atoms with Crippen molar-refractivity contribution in [3.63, 3.8) is 0 Å². The van der Waals surface area contributed by atoms with Crippen LogP contribution < -0.4 is 5.14 Å². The van der Waals surface area contributed by atoms with Crippen molar-refractivity contribution in [2.75, 3.05) is 12.3 Å². The smallest absolute Gasteiger partial charge is 0.222 e. The maximum atomic E-state index is 12.4. The van der Waals surface area contributed by atoms with Crippen LogP contribution in [0.2, 0.25) is 0 Å². The van der Waals surface area contributed by atoms with Gasteiger partial charge in [0.2, 0.25) is 15.9 Å². The van der Waals surface area contributed by atoms with Crippen LogP contribution in [0.3, 0.4) is 0 Å². The summed E-state index contributed by atoms with van der Waals surface area (Å²) < 4.78 is 23.9. The molecular weight excluding hydrogens is 316 g/mol. The zero-order valence-electron chi connectivity index (χ0n) is 13.6. The number of carbonyl (C=O) groups excluding carboxylic acids is 1. The molecule has 23 heavy (non-hydrogen) atoms. The third-order valence-corrected chi connectivity index (χ3v) is 5.25. The first-order chi connectivity index (χ1) is 10.9. The molecule has 1 fully saturated rings. The topological polar surface area (TPSA) is 98.3 Å². The van der Waals surface area contributed by atoms with Crippen molar-refractivity contribution in [2.45, 2.75) is 51.0 Å². The molecule has 1 aromatic heterocycles. The first-order valence-electron chi connectivity index (χ1n) is 8.13. The average molecular weight is 342 g/mol. The predicted molar refractivity (Wildman–Crippen MR) is 88.1 cm³/mol. The summed E-state index contributed by atoms with van der Waals surface area (Å²) in [4.78, 5) is 18.6. The number of piperidine rings is 1.